The Morgan fingerprint density at radius 2 is 2.04 bits per heavy atom. The van der Waals surface area contributed by atoms with Gasteiger partial charge < -0.3 is 5.32 Å². The first kappa shape index (κ1) is 16.8. The van der Waals surface area contributed by atoms with E-state index in [1.54, 1.807) is 11.9 Å². The molecule has 5 nitrogen and oxygen atoms in total. The molecule has 5 heteroatoms. The van der Waals surface area contributed by atoms with Crippen LogP contribution in [0.4, 0.5) is 5.82 Å². The fourth-order valence-corrected chi connectivity index (χ4v) is 3.50. The van der Waals surface area contributed by atoms with Crippen LogP contribution in [0.1, 0.15) is 43.2 Å². The van der Waals surface area contributed by atoms with Crippen LogP contribution < -0.4 is 5.32 Å². The molecule has 0 spiro atoms. The van der Waals surface area contributed by atoms with Crippen LogP contribution in [0.25, 0.3) is 16.7 Å². The highest BCUT2D eigenvalue weighted by Crippen LogP contribution is 2.24. The molecule has 1 aromatic carbocycles. The van der Waals surface area contributed by atoms with Crippen LogP contribution in [0.3, 0.4) is 0 Å². The van der Waals surface area contributed by atoms with Gasteiger partial charge in [0.1, 0.15) is 12.1 Å². The molecule has 0 unspecified atom stereocenters. The Bertz CT molecular complexity index is 954. The van der Waals surface area contributed by atoms with Gasteiger partial charge in [-0.05, 0) is 69.2 Å². The molecule has 26 heavy (non-hydrogen) atoms. The fraction of sp³-hybridized carbons (Fsp3) is 0.381. The fourth-order valence-electron chi connectivity index (χ4n) is 3.50. The van der Waals surface area contributed by atoms with Gasteiger partial charge in [0.25, 0.3) is 0 Å². The average Bonchev–Trinajstić information content (AvgIpc) is 3.10. The number of nitrogens with one attached hydrogen (secondary N) is 1. The number of benzene rings is 1. The molecule has 2 aromatic heterocycles. The number of rotatable bonds is 5. The predicted octanol–water partition coefficient (Wildman–Crippen LogP) is 4.73. The summed E-state index contributed by atoms with van der Waals surface area (Å²) in [5.41, 5.74) is 5.96. The first-order valence-electron chi connectivity index (χ1n) is 9.40. The van der Waals surface area contributed by atoms with Crippen molar-refractivity contribution in [3.63, 3.8) is 0 Å². The molecule has 0 atom stereocenters. The molecule has 1 N–H and O–H groups in total. The molecule has 0 amide bonds. The predicted molar refractivity (Wildman–Crippen MR) is 106 cm³/mol. The van der Waals surface area contributed by atoms with Crippen molar-refractivity contribution in [1.82, 2.24) is 19.7 Å². The molecule has 0 bridgehead atoms. The van der Waals surface area contributed by atoms with E-state index >= 15 is 0 Å². The van der Waals surface area contributed by atoms with Crippen LogP contribution >= 0.6 is 0 Å². The van der Waals surface area contributed by atoms with Crippen molar-refractivity contribution in [2.24, 2.45) is 0 Å². The smallest absolute Gasteiger partial charge is 0.168 e. The van der Waals surface area contributed by atoms with Gasteiger partial charge in [0.05, 0.1) is 17.3 Å². The Balaban J connectivity index is 1.56. The van der Waals surface area contributed by atoms with Crippen LogP contribution in [-0.2, 0) is 0 Å². The van der Waals surface area contributed by atoms with Gasteiger partial charge >= 0.3 is 0 Å². The number of aromatic nitrogens is 4. The van der Waals surface area contributed by atoms with Crippen LogP contribution in [0.2, 0.25) is 0 Å². The van der Waals surface area contributed by atoms with Crippen LogP contribution in [0.5, 0.6) is 0 Å². The lowest BCUT2D eigenvalue weighted by atomic mass is 9.97. The van der Waals surface area contributed by atoms with E-state index < -0.39 is 0 Å². The summed E-state index contributed by atoms with van der Waals surface area (Å²) in [7, 11) is 0. The lowest BCUT2D eigenvalue weighted by Crippen LogP contribution is -2.06. The van der Waals surface area contributed by atoms with Crippen molar-refractivity contribution in [2.75, 3.05) is 11.9 Å². The second-order valence-electron chi connectivity index (χ2n) is 7.07. The molecule has 4 rings (SSSR count). The van der Waals surface area contributed by atoms with E-state index in [-0.39, 0.29) is 0 Å². The molecule has 0 saturated heterocycles. The zero-order valence-corrected chi connectivity index (χ0v) is 15.5. The number of hydrogen-bond acceptors (Lipinski definition) is 4. The number of allylic oxidation sites excluding steroid dienone is 1. The van der Waals surface area contributed by atoms with E-state index in [4.69, 9.17) is 0 Å². The number of anilines is 1. The monoisotopic (exact) mass is 347 g/mol. The number of fused-ring (bicyclic) bond motifs is 1. The van der Waals surface area contributed by atoms with Crippen molar-refractivity contribution in [3.8, 4) is 5.69 Å². The molecule has 1 aliphatic carbocycles. The second-order valence-corrected chi connectivity index (χ2v) is 7.07. The molecule has 2 heterocycles. The first-order valence-corrected chi connectivity index (χ1v) is 9.40. The van der Waals surface area contributed by atoms with Crippen LogP contribution in [0, 0.1) is 13.8 Å². The lowest BCUT2D eigenvalue weighted by molar-refractivity contribution is 0.679. The van der Waals surface area contributed by atoms with Crippen molar-refractivity contribution >= 4 is 16.9 Å². The van der Waals surface area contributed by atoms with Gasteiger partial charge in [-0.1, -0.05) is 17.7 Å². The van der Waals surface area contributed by atoms with E-state index in [0.29, 0.717) is 0 Å². The normalized spacial score (nSPS) is 14.5. The first-order chi connectivity index (χ1) is 12.7. The molecular formula is C21H25N5. The Morgan fingerprint density at radius 1 is 1.12 bits per heavy atom. The van der Waals surface area contributed by atoms with Gasteiger partial charge in [0.15, 0.2) is 5.65 Å². The highest BCUT2D eigenvalue weighted by molar-refractivity contribution is 5.87. The molecule has 0 aliphatic heterocycles. The molecule has 0 saturated carbocycles. The Morgan fingerprint density at radius 3 is 2.85 bits per heavy atom. The molecule has 3 aromatic rings. The third-order valence-corrected chi connectivity index (χ3v) is 5.22. The van der Waals surface area contributed by atoms with Gasteiger partial charge in [0.2, 0.25) is 0 Å². The standard InChI is InChI=1S/C21H25N5/c1-15-8-9-18(12-16(15)2)26-21-19(13-25-26)20(23-14-24-21)22-11-10-17-6-4-3-5-7-17/h6,8-9,12-14H,3-5,7,10-11H2,1-2H3,(H,22,23,24). The van der Waals surface area contributed by atoms with E-state index in [2.05, 4.69) is 58.5 Å². The minimum absolute atomic E-state index is 0.836. The Hall–Kier alpha value is -2.69. The third-order valence-electron chi connectivity index (χ3n) is 5.22. The van der Waals surface area contributed by atoms with Crippen molar-refractivity contribution in [3.05, 3.63) is 53.5 Å². The number of hydrogen-bond donors (Lipinski definition) is 1. The largest absolute Gasteiger partial charge is 0.369 e. The summed E-state index contributed by atoms with van der Waals surface area (Å²) in [5, 5.41) is 8.99. The summed E-state index contributed by atoms with van der Waals surface area (Å²) < 4.78 is 1.89. The molecular weight excluding hydrogens is 322 g/mol. The summed E-state index contributed by atoms with van der Waals surface area (Å²) in [6, 6.07) is 6.35. The minimum Gasteiger partial charge on any atom is -0.369 e. The van der Waals surface area contributed by atoms with Crippen molar-refractivity contribution in [2.45, 2.75) is 46.0 Å². The average molecular weight is 347 g/mol. The van der Waals surface area contributed by atoms with Crippen LogP contribution in [0.15, 0.2) is 42.4 Å². The summed E-state index contributed by atoms with van der Waals surface area (Å²) in [4.78, 5) is 8.90. The van der Waals surface area contributed by atoms with Gasteiger partial charge in [-0.3, -0.25) is 0 Å². The van der Waals surface area contributed by atoms with Gasteiger partial charge in [0, 0.05) is 6.54 Å². The van der Waals surface area contributed by atoms with Crippen LogP contribution in [-0.4, -0.2) is 26.3 Å². The molecule has 0 fully saturated rings. The van der Waals surface area contributed by atoms with Crippen molar-refractivity contribution in [1.29, 1.82) is 0 Å². The Labute approximate surface area is 154 Å². The van der Waals surface area contributed by atoms with Gasteiger partial charge in [-0.15, -0.1) is 0 Å². The summed E-state index contributed by atoms with van der Waals surface area (Å²) in [5.74, 6) is 0.862. The van der Waals surface area contributed by atoms with E-state index in [1.807, 2.05) is 10.9 Å². The topological polar surface area (TPSA) is 55.6 Å². The minimum atomic E-state index is 0.836. The number of aryl methyl sites for hydroxylation is 2. The SMILES string of the molecule is Cc1ccc(-n2ncc3c(NCCC4=CCCCC4)ncnc32)cc1C. The maximum absolute atomic E-state index is 4.56. The van der Waals surface area contributed by atoms with Gasteiger partial charge in [-0.2, -0.15) is 5.10 Å². The molecule has 0 radical (unpaired) electrons. The highest BCUT2D eigenvalue weighted by Gasteiger charge is 2.12. The maximum atomic E-state index is 4.56. The lowest BCUT2D eigenvalue weighted by Gasteiger charge is -2.13. The van der Waals surface area contributed by atoms with E-state index in [9.17, 15) is 0 Å². The zero-order chi connectivity index (χ0) is 17.9. The summed E-state index contributed by atoms with van der Waals surface area (Å²) in [6.45, 7) is 5.13. The van der Waals surface area contributed by atoms with Gasteiger partial charge in [-0.25, -0.2) is 14.6 Å². The Kier molecular flexibility index (Phi) is 4.69. The highest BCUT2D eigenvalue weighted by atomic mass is 15.3. The molecule has 134 valence electrons. The second kappa shape index (κ2) is 7.28. The number of nitrogens with zero attached hydrogens (tertiary/aromatic N) is 4. The van der Waals surface area contributed by atoms with E-state index in [0.717, 1.165) is 35.5 Å². The summed E-state index contributed by atoms with van der Waals surface area (Å²) in [6.07, 6.45) is 12.1. The molecule has 1 aliphatic rings. The summed E-state index contributed by atoms with van der Waals surface area (Å²) >= 11 is 0. The third kappa shape index (κ3) is 3.34. The van der Waals surface area contributed by atoms with Crippen molar-refractivity contribution < 1.29 is 0 Å². The van der Waals surface area contributed by atoms with E-state index in [1.165, 1.54) is 36.8 Å². The maximum Gasteiger partial charge on any atom is 0.168 e. The zero-order valence-electron chi connectivity index (χ0n) is 15.5. The quantitative estimate of drug-likeness (QED) is 0.678.